The van der Waals surface area contributed by atoms with E-state index < -0.39 is 38.5 Å². The summed E-state index contributed by atoms with van der Waals surface area (Å²) >= 11 is 1.46. The van der Waals surface area contributed by atoms with Crippen LogP contribution in [0.4, 0.5) is 5.69 Å². The summed E-state index contributed by atoms with van der Waals surface area (Å²) in [6, 6.07) is 5.51. The first-order valence-corrected chi connectivity index (χ1v) is 9.99. The number of benzene rings is 1. The van der Waals surface area contributed by atoms with Gasteiger partial charge in [0.15, 0.2) is 0 Å². The van der Waals surface area contributed by atoms with Gasteiger partial charge in [0.05, 0.1) is 4.90 Å². The fourth-order valence-corrected chi connectivity index (χ4v) is 2.78. The molecule has 26 heavy (non-hydrogen) atoms. The van der Waals surface area contributed by atoms with Crippen LogP contribution in [0.1, 0.15) is 6.42 Å². The highest BCUT2D eigenvalue weighted by Gasteiger charge is 2.17. The summed E-state index contributed by atoms with van der Waals surface area (Å²) in [6.07, 6.45) is 3.12. The Bertz CT molecular complexity index is 845. The number of nitrogens with zero attached hydrogens (tertiary/aromatic N) is 1. The number of anilines is 1. The Hall–Kier alpha value is -2.55. The minimum Gasteiger partial charge on any atom is -0.480 e. The zero-order valence-corrected chi connectivity index (χ0v) is 15.3. The van der Waals surface area contributed by atoms with E-state index in [0.29, 0.717) is 12.2 Å². The molecular formula is C15H17N3O6S2. The monoisotopic (exact) mass is 399 g/mol. The Morgan fingerprint density at radius 3 is 2.65 bits per heavy atom. The Kier molecular flexibility index (Phi) is 8.11. The number of hydrogen-bond donors (Lipinski definition) is 4. The maximum atomic E-state index is 12.1. The first-order chi connectivity index (χ1) is 12.2. The van der Waals surface area contributed by atoms with Crippen molar-refractivity contribution in [3.05, 3.63) is 36.0 Å². The second-order valence-corrected chi connectivity index (χ2v) is 7.37. The van der Waals surface area contributed by atoms with Crippen molar-refractivity contribution in [2.24, 2.45) is 0 Å². The number of nitriles is 1. The molecule has 1 aromatic carbocycles. The molecular weight excluding hydrogens is 382 g/mol. The van der Waals surface area contributed by atoms with E-state index in [4.69, 9.17) is 14.9 Å². The van der Waals surface area contributed by atoms with E-state index in [0.717, 1.165) is 18.3 Å². The number of carbonyl (C=O) groups excluding carboxylic acids is 1. The molecule has 1 aromatic rings. The third-order valence-electron chi connectivity index (χ3n) is 3.09. The van der Waals surface area contributed by atoms with Crippen LogP contribution >= 0.6 is 11.8 Å². The van der Waals surface area contributed by atoms with E-state index in [1.165, 1.54) is 23.9 Å². The van der Waals surface area contributed by atoms with Crippen molar-refractivity contribution in [1.82, 2.24) is 5.32 Å². The summed E-state index contributed by atoms with van der Waals surface area (Å²) in [7, 11) is -4.44. The molecule has 0 saturated carbocycles. The molecule has 0 aliphatic rings. The SMILES string of the molecule is CSCCC(N/C=C(/C#N)C(=O)Nc1cccc(S(=O)(=O)O)c1)C(=O)O. The predicted molar refractivity (Wildman–Crippen MR) is 96.1 cm³/mol. The van der Waals surface area contributed by atoms with Crippen molar-refractivity contribution < 1.29 is 27.7 Å². The number of hydrogen-bond acceptors (Lipinski definition) is 7. The Balaban J connectivity index is 2.89. The smallest absolute Gasteiger partial charge is 0.326 e. The summed E-state index contributed by atoms with van der Waals surface area (Å²) in [5.41, 5.74) is -0.346. The van der Waals surface area contributed by atoms with Gasteiger partial charge in [0.25, 0.3) is 16.0 Å². The van der Waals surface area contributed by atoms with Crippen molar-refractivity contribution in [2.45, 2.75) is 17.4 Å². The Morgan fingerprint density at radius 2 is 2.12 bits per heavy atom. The number of amides is 1. The van der Waals surface area contributed by atoms with E-state index in [1.54, 1.807) is 6.07 Å². The van der Waals surface area contributed by atoms with Crippen LogP contribution in [0.25, 0.3) is 0 Å². The number of carboxylic acid groups (broad SMARTS) is 1. The fraction of sp³-hybridized carbons (Fsp3) is 0.267. The lowest BCUT2D eigenvalue weighted by atomic mass is 10.2. The third kappa shape index (κ3) is 6.75. The minimum absolute atomic E-state index is 0.0449. The number of thioether (sulfide) groups is 1. The zero-order chi connectivity index (χ0) is 19.7. The first kappa shape index (κ1) is 21.5. The molecule has 1 rings (SSSR count). The van der Waals surface area contributed by atoms with Crippen molar-refractivity contribution >= 4 is 39.4 Å². The van der Waals surface area contributed by atoms with Gasteiger partial charge in [-0.05, 0) is 36.6 Å². The van der Waals surface area contributed by atoms with E-state index in [9.17, 15) is 18.0 Å². The maximum absolute atomic E-state index is 12.1. The van der Waals surface area contributed by atoms with Gasteiger partial charge in [-0.3, -0.25) is 9.35 Å². The fourth-order valence-electron chi connectivity index (χ4n) is 1.78. The highest BCUT2D eigenvalue weighted by molar-refractivity contribution is 7.98. The summed E-state index contributed by atoms with van der Waals surface area (Å²) < 4.78 is 31.2. The summed E-state index contributed by atoms with van der Waals surface area (Å²) in [4.78, 5) is 22.8. The van der Waals surface area contributed by atoms with Crippen LogP contribution in [0.5, 0.6) is 0 Å². The van der Waals surface area contributed by atoms with Gasteiger partial charge >= 0.3 is 5.97 Å². The second-order valence-electron chi connectivity index (χ2n) is 4.97. The number of nitrogens with one attached hydrogen (secondary N) is 2. The third-order valence-corrected chi connectivity index (χ3v) is 4.59. The van der Waals surface area contributed by atoms with E-state index in [-0.39, 0.29) is 5.69 Å². The molecule has 0 heterocycles. The summed E-state index contributed by atoms with van der Waals surface area (Å²) in [6.45, 7) is 0. The van der Waals surface area contributed by atoms with Crippen molar-refractivity contribution in [1.29, 1.82) is 5.26 Å². The normalized spacial score (nSPS) is 12.7. The molecule has 0 aliphatic carbocycles. The summed E-state index contributed by atoms with van der Waals surface area (Å²) in [5.74, 6) is -1.40. The predicted octanol–water partition coefficient (Wildman–Crippen LogP) is 1.08. The average molecular weight is 399 g/mol. The van der Waals surface area contributed by atoms with Gasteiger partial charge in [0.2, 0.25) is 0 Å². The molecule has 1 amide bonds. The molecule has 0 saturated heterocycles. The van der Waals surface area contributed by atoms with Gasteiger partial charge in [-0.2, -0.15) is 25.4 Å². The molecule has 0 aliphatic heterocycles. The minimum atomic E-state index is -4.44. The largest absolute Gasteiger partial charge is 0.480 e. The van der Waals surface area contributed by atoms with Crippen molar-refractivity contribution in [2.75, 3.05) is 17.3 Å². The van der Waals surface area contributed by atoms with Crippen LogP contribution in [0.3, 0.4) is 0 Å². The molecule has 0 spiro atoms. The topological polar surface area (TPSA) is 157 Å². The number of carboxylic acids is 1. The van der Waals surface area contributed by atoms with E-state index in [1.807, 2.05) is 6.26 Å². The van der Waals surface area contributed by atoms with Crippen LogP contribution in [0.2, 0.25) is 0 Å². The van der Waals surface area contributed by atoms with Crippen LogP contribution in [0.15, 0.2) is 40.9 Å². The maximum Gasteiger partial charge on any atom is 0.326 e. The summed E-state index contributed by atoms with van der Waals surface area (Å²) in [5, 5.41) is 23.0. The second kappa shape index (κ2) is 9.81. The quantitative estimate of drug-likeness (QED) is 0.271. The lowest BCUT2D eigenvalue weighted by Crippen LogP contribution is -2.34. The average Bonchev–Trinajstić information content (AvgIpc) is 2.57. The molecule has 1 unspecified atom stereocenters. The molecule has 0 radical (unpaired) electrons. The van der Waals surface area contributed by atoms with Crippen LogP contribution in [0, 0.1) is 11.3 Å². The number of carbonyl (C=O) groups is 2. The zero-order valence-electron chi connectivity index (χ0n) is 13.7. The van der Waals surface area contributed by atoms with Gasteiger partial charge < -0.3 is 15.7 Å². The standard InChI is InChI=1S/C15H17N3O6S2/c1-25-6-5-13(15(20)21)17-9-10(8-16)14(19)18-11-3-2-4-12(7-11)26(22,23)24/h2-4,7,9,13,17H,5-6H2,1H3,(H,18,19)(H,20,21)(H,22,23,24)/b10-9-. The van der Waals surface area contributed by atoms with Crippen molar-refractivity contribution in [3.8, 4) is 6.07 Å². The van der Waals surface area contributed by atoms with Gasteiger partial charge in [0.1, 0.15) is 17.7 Å². The first-order valence-electron chi connectivity index (χ1n) is 7.16. The van der Waals surface area contributed by atoms with Crippen molar-refractivity contribution in [3.63, 3.8) is 0 Å². The molecule has 11 heteroatoms. The van der Waals surface area contributed by atoms with Gasteiger partial charge in [-0.15, -0.1) is 0 Å². The molecule has 0 aromatic heterocycles. The van der Waals surface area contributed by atoms with Crippen LogP contribution in [-0.4, -0.2) is 48.0 Å². The molecule has 9 nitrogen and oxygen atoms in total. The number of aliphatic carboxylic acids is 1. The van der Waals surface area contributed by atoms with Crippen LogP contribution < -0.4 is 10.6 Å². The van der Waals surface area contributed by atoms with Gasteiger partial charge in [0, 0.05) is 11.9 Å². The lowest BCUT2D eigenvalue weighted by molar-refractivity contribution is -0.139. The number of rotatable bonds is 9. The lowest BCUT2D eigenvalue weighted by Gasteiger charge is -2.12. The highest BCUT2D eigenvalue weighted by atomic mass is 32.2. The Morgan fingerprint density at radius 1 is 1.42 bits per heavy atom. The van der Waals surface area contributed by atoms with Gasteiger partial charge in [-0.25, -0.2) is 4.79 Å². The van der Waals surface area contributed by atoms with Gasteiger partial charge in [-0.1, -0.05) is 6.07 Å². The molecule has 140 valence electrons. The molecule has 1 atom stereocenters. The van der Waals surface area contributed by atoms with Crippen LogP contribution in [-0.2, 0) is 19.7 Å². The molecule has 0 fully saturated rings. The highest BCUT2D eigenvalue weighted by Crippen LogP contribution is 2.15. The molecule has 0 bridgehead atoms. The van der Waals surface area contributed by atoms with E-state index >= 15 is 0 Å². The molecule has 4 N–H and O–H groups in total. The van der Waals surface area contributed by atoms with E-state index in [2.05, 4.69) is 10.6 Å². The Labute approximate surface area is 154 Å².